The lowest BCUT2D eigenvalue weighted by atomic mass is 9.91. The number of rotatable bonds is 5. The fourth-order valence-corrected chi connectivity index (χ4v) is 2.98. The Morgan fingerprint density at radius 2 is 2.08 bits per heavy atom. The molecule has 7 heteroatoms. The van der Waals surface area contributed by atoms with E-state index in [1.165, 1.54) is 5.56 Å². The highest BCUT2D eigenvalue weighted by Crippen LogP contribution is 2.21. The van der Waals surface area contributed by atoms with Gasteiger partial charge in [0.2, 0.25) is 5.91 Å². The zero-order valence-corrected chi connectivity index (χ0v) is 18.6. The second-order valence-electron chi connectivity index (χ2n) is 7.22. The Labute approximate surface area is 174 Å². The Morgan fingerprint density at radius 3 is 2.62 bits per heavy atom. The number of nitrogens with one attached hydrogen (secondary N) is 1. The number of amides is 1. The fraction of sp³-hybridized carbons (Fsp3) is 0.632. The van der Waals surface area contributed by atoms with Crippen LogP contribution in [0.2, 0.25) is 0 Å². The monoisotopic (exact) mass is 473 g/mol. The first-order valence-corrected chi connectivity index (χ1v) is 9.10. The molecular weight excluding hydrogens is 441 g/mol. The van der Waals surface area contributed by atoms with Gasteiger partial charge in [-0.3, -0.25) is 9.78 Å². The van der Waals surface area contributed by atoms with Crippen LogP contribution in [0.15, 0.2) is 29.5 Å². The summed E-state index contributed by atoms with van der Waals surface area (Å²) in [6, 6.07) is 4.45. The molecule has 1 N–H and O–H groups in total. The number of piperidine rings is 1. The topological polar surface area (TPSA) is 60.8 Å². The van der Waals surface area contributed by atoms with Crippen molar-refractivity contribution >= 4 is 35.8 Å². The average Bonchev–Trinajstić information content (AvgIpc) is 2.59. The van der Waals surface area contributed by atoms with Gasteiger partial charge in [-0.1, -0.05) is 6.07 Å². The summed E-state index contributed by atoms with van der Waals surface area (Å²) in [7, 11) is 3.52. The standard InChI is InChI=1S/C19H31N5O.HI/c1-15(2)22-19(21-14-18(25)23(3)4)24-10-7-16(8-11-24)12-17-6-5-9-20-13-17;/h5-6,9,13,15-16H,7-8,10-12,14H2,1-4H3,(H,21,22);1H. The molecule has 0 radical (unpaired) electrons. The summed E-state index contributed by atoms with van der Waals surface area (Å²) in [5, 5.41) is 3.40. The molecule has 146 valence electrons. The van der Waals surface area contributed by atoms with E-state index in [2.05, 4.69) is 40.1 Å². The summed E-state index contributed by atoms with van der Waals surface area (Å²) in [6.07, 6.45) is 7.14. The van der Waals surface area contributed by atoms with Crippen molar-refractivity contribution in [1.29, 1.82) is 0 Å². The molecule has 1 fully saturated rings. The van der Waals surface area contributed by atoms with Crippen molar-refractivity contribution in [3.8, 4) is 0 Å². The van der Waals surface area contributed by atoms with Gasteiger partial charge in [-0.2, -0.15) is 0 Å². The molecule has 6 nitrogen and oxygen atoms in total. The van der Waals surface area contributed by atoms with E-state index in [1.807, 2.05) is 18.5 Å². The number of carbonyl (C=O) groups excluding carboxylic acids is 1. The van der Waals surface area contributed by atoms with E-state index in [1.54, 1.807) is 19.0 Å². The minimum Gasteiger partial charge on any atom is -0.354 e. The summed E-state index contributed by atoms with van der Waals surface area (Å²) in [5.41, 5.74) is 1.31. The van der Waals surface area contributed by atoms with Gasteiger partial charge < -0.3 is 15.1 Å². The molecule has 1 saturated heterocycles. The van der Waals surface area contributed by atoms with E-state index in [9.17, 15) is 4.79 Å². The third kappa shape index (κ3) is 7.47. The van der Waals surface area contributed by atoms with E-state index in [4.69, 9.17) is 0 Å². The number of guanidine groups is 1. The lowest BCUT2D eigenvalue weighted by Gasteiger charge is -2.35. The summed E-state index contributed by atoms with van der Waals surface area (Å²) in [5.74, 6) is 1.56. The summed E-state index contributed by atoms with van der Waals surface area (Å²) >= 11 is 0. The third-order valence-electron chi connectivity index (χ3n) is 4.44. The fourth-order valence-electron chi connectivity index (χ4n) is 2.98. The molecule has 1 amide bonds. The number of aromatic nitrogens is 1. The third-order valence-corrected chi connectivity index (χ3v) is 4.44. The molecule has 0 atom stereocenters. The molecule has 1 aromatic rings. The Bertz CT molecular complexity index is 569. The summed E-state index contributed by atoms with van der Waals surface area (Å²) in [6.45, 7) is 6.33. The molecule has 1 aliphatic rings. The maximum atomic E-state index is 11.8. The van der Waals surface area contributed by atoms with Crippen LogP contribution in [-0.4, -0.2) is 66.4 Å². The van der Waals surface area contributed by atoms with Gasteiger partial charge in [-0.25, -0.2) is 4.99 Å². The number of likely N-dealkylation sites (N-methyl/N-ethyl adjacent to an activating group) is 1. The van der Waals surface area contributed by atoms with Crippen LogP contribution in [-0.2, 0) is 11.2 Å². The van der Waals surface area contributed by atoms with Crippen LogP contribution in [0, 0.1) is 5.92 Å². The molecule has 2 rings (SSSR count). The van der Waals surface area contributed by atoms with E-state index >= 15 is 0 Å². The first-order chi connectivity index (χ1) is 12.0. The number of carbonyl (C=O) groups is 1. The van der Waals surface area contributed by atoms with Gasteiger partial charge >= 0.3 is 0 Å². The van der Waals surface area contributed by atoms with Crippen LogP contribution in [0.25, 0.3) is 0 Å². The second-order valence-corrected chi connectivity index (χ2v) is 7.22. The van der Waals surface area contributed by atoms with Crippen molar-refractivity contribution in [2.75, 3.05) is 33.7 Å². The molecule has 1 aromatic heterocycles. The van der Waals surface area contributed by atoms with Gasteiger partial charge in [0.25, 0.3) is 0 Å². The molecule has 26 heavy (non-hydrogen) atoms. The molecule has 0 spiro atoms. The van der Waals surface area contributed by atoms with Crippen molar-refractivity contribution < 1.29 is 4.79 Å². The Hall–Kier alpha value is -1.38. The van der Waals surface area contributed by atoms with Crippen molar-refractivity contribution in [2.45, 2.75) is 39.2 Å². The predicted molar refractivity (Wildman–Crippen MR) is 117 cm³/mol. The van der Waals surface area contributed by atoms with Crippen molar-refractivity contribution in [3.05, 3.63) is 30.1 Å². The van der Waals surface area contributed by atoms with Gasteiger partial charge in [0, 0.05) is 45.6 Å². The molecule has 2 heterocycles. The maximum Gasteiger partial charge on any atom is 0.243 e. The average molecular weight is 473 g/mol. The van der Waals surface area contributed by atoms with E-state index in [0.29, 0.717) is 12.0 Å². The zero-order valence-electron chi connectivity index (χ0n) is 16.3. The quantitative estimate of drug-likeness (QED) is 0.406. The number of pyridine rings is 1. The van der Waals surface area contributed by atoms with Crippen molar-refractivity contribution in [2.24, 2.45) is 10.9 Å². The van der Waals surface area contributed by atoms with Crippen LogP contribution in [0.3, 0.4) is 0 Å². The Kier molecular flexibility index (Phi) is 9.90. The van der Waals surface area contributed by atoms with Crippen LogP contribution in [0.1, 0.15) is 32.3 Å². The normalized spacial score (nSPS) is 15.6. The van der Waals surface area contributed by atoms with E-state index in [0.717, 1.165) is 38.3 Å². The van der Waals surface area contributed by atoms with Crippen LogP contribution in [0.4, 0.5) is 0 Å². The van der Waals surface area contributed by atoms with Gasteiger partial charge in [0.1, 0.15) is 6.54 Å². The number of hydrogen-bond acceptors (Lipinski definition) is 3. The molecule has 1 aliphatic heterocycles. The molecule has 0 bridgehead atoms. The minimum atomic E-state index is 0. The number of nitrogens with zero attached hydrogens (tertiary/aromatic N) is 4. The van der Waals surface area contributed by atoms with Gasteiger partial charge in [0.15, 0.2) is 5.96 Å². The lowest BCUT2D eigenvalue weighted by Crippen LogP contribution is -2.48. The largest absolute Gasteiger partial charge is 0.354 e. The molecule has 0 aliphatic carbocycles. The van der Waals surface area contributed by atoms with E-state index < -0.39 is 0 Å². The lowest BCUT2D eigenvalue weighted by molar-refractivity contribution is -0.127. The highest BCUT2D eigenvalue weighted by Gasteiger charge is 2.22. The highest BCUT2D eigenvalue weighted by molar-refractivity contribution is 14.0. The van der Waals surface area contributed by atoms with Crippen LogP contribution < -0.4 is 5.32 Å². The predicted octanol–water partition coefficient (Wildman–Crippen LogP) is 2.40. The minimum absolute atomic E-state index is 0. The zero-order chi connectivity index (χ0) is 18.2. The van der Waals surface area contributed by atoms with Gasteiger partial charge in [-0.15, -0.1) is 24.0 Å². The molecular formula is C19H32IN5O. The maximum absolute atomic E-state index is 11.8. The second kappa shape index (κ2) is 11.4. The Morgan fingerprint density at radius 1 is 1.38 bits per heavy atom. The number of hydrogen-bond donors (Lipinski definition) is 1. The van der Waals surface area contributed by atoms with Gasteiger partial charge in [-0.05, 0) is 50.7 Å². The first kappa shape index (κ1) is 22.7. The Balaban J connectivity index is 0.00000338. The molecule has 0 saturated carbocycles. The smallest absolute Gasteiger partial charge is 0.243 e. The van der Waals surface area contributed by atoms with E-state index in [-0.39, 0.29) is 36.4 Å². The van der Waals surface area contributed by atoms with Crippen LogP contribution in [0.5, 0.6) is 0 Å². The number of likely N-dealkylation sites (tertiary alicyclic amines) is 1. The number of aliphatic imine (C=N–C) groups is 1. The molecule has 0 aromatic carbocycles. The van der Waals surface area contributed by atoms with Crippen molar-refractivity contribution in [1.82, 2.24) is 20.1 Å². The first-order valence-electron chi connectivity index (χ1n) is 9.10. The van der Waals surface area contributed by atoms with Crippen LogP contribution >= 0.6 is 24.0 Å². The summed E-state index contributed by atoms with van der Waals surface area (Å²) in [4.78, 5) is 24.5. The molecule has 0 unspecified atom stereocenters. The SMILES string of the molecule is CC(C)NC(=NCC(=O)N(C)C)N1CCC(Cc2cccnc2)CC1.I. The number of halogens is 1. The van der Waals surface area contributed by atoms with Crippen molar-refractivity contribution in [3.63, 3.8) is 0 Å². The summed E-state index contributed by atoms with van der Waals surface area (Å²) < 4.78 is 0. The highest BCUT2D eigenvalue weighted by atomic mass is 127. The van der Waals surface area contributed by atoms with Gasteiger partial charge in [0.05, 0.1) is 0 Å².